The molecule has 1 N–H and O–H groups in total. The molecule has 3 heterocycles. The summed E-state index contributed by atoms with van der Waals surface area (Å²) in [6, 6.07) is 11.4. The summed E-state index contributed by atoms with van der Waals surface area (Å²) in [5, 5.41) is 4.15. The smallest absolute Gasteiger partial charge is 0.250 e. The molecule has 1 fully saturated rings. The van der Waals surface area contributed by atoms with E-state index in [1.54, 1.807) is 11.0 Å². The van der Waals surface area contributed by atoms with Crippen LogP contribution in [0.5, 0.6) is 5.75 Å². The fraction of sp³-hybridized carbons (Fsp3) is 0.345. The van der Waals surface area contributed by atoms with Crippen molar-refractivity contribution >= 4 is 34.0 Å². The Morgan fingerprint density at radius 2 is 2.08 bits per heavy atom. The maximum Gasteiger partial charge on any atom is 0.250 e. The number of hydrogen-bond acceptors (Lipinski definition) is 6. The highest BCUT2D eigenvalue weighted by Crippen LogP contribution is 2.37. The Labute approximate surface area is 212 Å². The molecule has 0 aliphatic carbocycles. The molecular formula is C29H31N5O2. The van der Waals surface area contributed by atoms with Gasteiger partial charge in [0.15, 0.2) is 0 Å². The number of aromatic nitrogens is 2. The Hall–Kier alpha value is -3.89. The van der Waals surface area contributed by atoms with Crippen LogP contribution >= 0.6 is 0 Å². The number of benzene rings is 2. The van der Waals surface area contributed by atoms with Crippen LogP contribution in [0.4, 0.5) is 17.2 Å². The first-order chi connectivity index (χ1) is 17.6. The zero-order chi connectivity index (χ0) is 24.9. The zero-order valence-electron chi connectivity index (χ0n) is 20.6. The number of rotatable bonds is 5. The molecule has 184 valence electrons. The SMILES string of the molecule is C#Cc1cccc(Nc2ncnc3cc4c(cc23)N(C(=O)C=CCN2CCC(C)CC2)CCCO4)c1. The molecule has 5 rings (SSSR count). The van der Waals surface area contributed by atoms with Gasteiger partial charge in [0.1, 0.15) is 17.9 Å². The van der Waals surface area contributed by atoms with Crippen LogP contribution in [-0.4, -0.2) is 53.6 Å². The van der Waals surface area contributed by atoms with E-state index in [0.29, 0.717) is 24.7 Å². The Kier molecular flexibility index (Phi) is 7.15. The van der Waals surface area contributed by atoms with E-state index in [4.69, 9.17) is 11.2 Å². The molecule has 36 heavy (non-hydrogen) atoms. The third kappa shape index (κ3) is 5.34. The van der Waals surface area contributed by atoms with E-state index in [2.05, 4.69) is 33.0 Å². The topological polar surface area (TPSA) is 70.6 Å². The van der Waals surface area contributed by atoms with Gasteiger partial charge in [0.05, 0.1) is 17.8 Å². The summed E-state index contributed by atoms with van der Waals surface area (Å²) >= 11 is 0. The van der Waals surface area contributed by atoms with Crippen LogP contribution in [0.25, 0.3) is 10.9 Å². The fourth-order valence-electron chi connectivity index (χ4n) is 4.71. The van der Waals surface area contributed by atoms with E-state index in [0.717, 1.165) is 59.8 Å². The molecule has 0 saturated carbocycles. The highest BCUT2D eigenvalue weighted by molar-refractivity contribution is 6.05. The number of terminal acetylenes is 1. The van der Waals surface area contributed by atoms with Gasteiger partial charge in [-0.1, -0.05) is 25.0 Å². The second kappa shape index (κ2) is 10.8. The summed E-state index contributed by atoms with van der Waals surface area (Å²) in [7, 11) is 0. The number of amides is 1. The largest absolute Gasteiger partial charge is 0.491 e. The maximum absolute atomic E-state index is 13.3. The van der Waals surface area contributed by atoms with Gasteiger partial charge < -0.3 is 15.0 Å². The third-order valence-electron chi connectivity index (χ3n) is 6.85. The Morgan fingerprint density at radius 3 is 2.92 bits per heavy atom. The van der Waals surface area contributed by atoms with Crippen LogP contribution in [-0.2, 0) is 4.79 Å². The molecule has 0 bridgehead atoms. The standard InChI is InChI=1S/C29H31N5O2/c1-3-22-7-4-8-23(17-22)32-29-24-18-26-27(19-25(24)30-20-31-29)36-16-6-13-34(26)28(35)9-5-12-33-14-10-21(2)11-15-33/h1,4-5,7-9,17-21H,6,10-16H2,2H3,(H,30,31,32). The van der Waals surface area contributed by atoms with Crippen LogP contribution in [0.1, 0.15) is 31.7 Å². The van der Waals surface area contributed by atoms with Crippen molar-refractivity contribution in [1.29, 1.82) is 0 Å². The van der Waals surface area contributed by atoms with E-state index >= 15 is 0 Å². The summed E-state index contributed by atoms with van der Waals surface area (Å²) in [5.74, 6) is 4.70. The predicted octanol–water partition coefficient (Wildman–Crippen LogP) is 4.76. The van der Waals surface area contributed by atoms with Crippen molar-refractivity contribution in [3.63, 3.8) is 0 Å². The van der Waals surface area contributed by atoms with Gasteiger partial charge in [-0.25, -0.2) is 9.97 Å². The molecule has 0 radical (unpaired) electrons. The lowest BCUT2D eigenvalue weighted by molar-refractivity contribution is -0.114. The second-order valence-corrected chi connectivity index (χ2v) is 9.49. The monoisotopic (exact) mass is 481 g/mol. The van der Waals surface area contributed by atoms with Gasteiger partial charge in [-0.15, -0.1) is 6.42 Å². The summed E-state index contributed by atoms with van der Waals surface area (Å²) in [4.78, 5) is 26.4. The Bertz CT molecular complexity index is 1320. The summed E-state index contributed by atoms with van der Waals surface area (Å²) in [5.41, 5.74) is 3.09. The van der Waals surface area contributed by atoms with Gasteiger partial charge in [-0.2, -0.15) is 0 Å². The van der Waals surface area contributed by atoms with Gasteiger partial charge in [0.25, 0.3) is 5.91 Å². The number of nitrogens with one attached hydrogen (secondary N) is 1. The molecule has 1 saturated heterocycles. The number of carbonyl (C=O) groups excluding carboxylic acids is 1. The number of likely N-dealkylation sites (tertiary alicyclic amines) is 1. The molecule has 1 amide bonds. The molecule has 2 aliphatic rings. The maximum atomic E-state index is 13.3. The van der Waals surface area contributed by atoms with E-state index in [9.17, 15) is 4.79 Å². The number of fused-ring (bicyclic) bond motifs is 2. The average molecular weight is 482 g/mol. The molecule has 1 aromatic heterocycles. The van der Waals surface area contributed by atoms with Gasteiger partial charge in [0.2, 0.25) is 0 Å². The first-order valence-electron chi connectivity index (χ1n) is 12.6. The molecule has 7 heteroatoms. The van der Waals surface area contributed by atoms with Gasteiger partial charge in [0, 0.05) is 41.9 Å². The Morgan fingerprint density at radius 1 is 1.22 bits per heavy atom. The normalized spacial score (nSPS) is 16.8. The van der Waals surface area contributed by atoms with Gasteiger partial charge in [-0.05, 0) is 62.5 Å². The summed E-state index contributed by atoms with van der Waals surface area (Å²) in [6.07, 6.45) is 14.0. The molecule has 2 aliphatic heterocycles. The van der Waals surface area contributed by atoms with Crippen molar-refractivity contribution in [2.45, 2.75) is 26.2 Å². The first-order valence-corrected chi connectivity index (χ1v) is 12.6. The van der Waals surface area contributed by atoms with Gasteiger partial charge in [-0.3, -0.25) is 9.69 Å². The van der Waals surface area contributed by atoms with Gasteiger partial charge >= 0.3 is 0 Å². The highest BCUT2D eigenvalue weighted by Gasteiger charge is 2.23. The number of carbonyl (C=O) groups is 1. The minimum atomic E-state index is -0.0421. The Balaban J connectivity index is 1.41. The number of anilines is 3. The molecule has 0 atom stereocenters. The predicted molar refractivity (Wildman–Crippen MR) is 144 cm³/mol. The van der Waals surface area contributed by atoms with Crippen molar-refractivity contribution in [1.82, 2.24) is 14.9 Å². The van der Waals surface area contributed by atoms with Crippen molar-refractivity contribution < 1.29 is 9.53 Å². The van der Waals surface area contributed by atoms with E-state index in [-0.39, 0.29) is 5.91 Å². The van der Waals surface area contributed by atoms with Crippen LogP contribution < -0.4 is 15.0 Å². The first kappa shape index (κ1) is 23.8. The molecule has 0 unspecified atom stereocenters. The van der Waals surface area contributed by atoms with Crippen LogP contribution in [0, 0.1) is 18.3 Å². The molecule has 7 nitrogen and oxygen atoms in total. The number of ether oxygens (including phenoxy) is 1. The zero-order valence-corrected chi connectivity index (χ0v) is 20.6. The van der Waals surface area contributed by atoms with E-state index in [1.165, 1.54) is 19.2 Å². The average Bonchev–Trinajstić information content (AvgIpc) is 3.11. The van der Waals surface area contributed by atoms with Crippen LogP contribution in [0.15, 0.2) is 54.9 Å². The molecule has 0 spiro atoms. The van der Waals surface area contributed by atoms with E-state index in [1.807, 2.05) is 42.5 Å². The van der Waals surface area contributed by atoms with E-state index < -0.39 is 0 Å². The quantitative estimate of drug-likeness (QED) is 0.419. The van der Waals surface area contributed by atoms with Crippen molar-refractivity contribution in [3.05, 3.63) is 60.4 Å². The number of piperidine rings is 1. The molecule has 3 aromatic rings. The highest BCUT2D eigenvalue weighted by atomic mass is 16.5. The third-order valence-corrected chi connectivity index (χ3v) is 6.85. The lowest BCUT2D eigenvalue weighted by Crippen LogP contribution is -2.33. The minimum absolute atomic E-state index is 0.0421. The summed E-state index contributed by atoms with van der Waals surface area (Å²) in [6.45, 7) is 6.42. The fourth-order valence-corrected chi connectivity index (χ4v) is 4.71. The molecular weight excluding hydrogens is 450 g/mol. The lowest BCUT2D eigenvalue weighted by atomic mass is 9.99. The second-order valence-electron chi connectivity index (χ2n) is 9.49. The van der Waals surface area contributed by atoms with Crippen molar-refractivity contribution in [3.8, 4) is 18.1 Å². The molecule has 2 aromatic carbocycles. The van der Waals surface area contributed by atoms with Crippen LogP contribution in [0.2, 0.25) is 0 Å². The number of hydrogen-bond donors (Lipinski definition) is 1. The minimum Gasteiger partial charge on any atom is -0.491 e. The number of nitrogens with zero attached hydrogens (tertiary/aromatic N) is 4. The van der Waals surface area contributed by atoms with Crippen LogP contribution in [0.3, 0.4) is 0 Å². The van der Waals surface area contributed by atoms with Crippen molar-refractivity contribution in [2.75, 3.05) is 43.0 Å². The summed E-state index contributed by atoms with van der Waals surface area (Å²) < 4.78 is 6.01. The lowest BCUT2D eigenvalue weighted by Gasteiger charge is -2.29. The van der Waals surface area contributed by atoms with Crippen molar-refractivity contribution in [2.24, 2.45) is 5.92 Å².